The van der Waals surface area contributed by atoms with Gasteiger partial charge in [-0.15, -0.1) is 0 Å². The lowest BCUT2D eigenvalue weighted by Gasteiger charge is -2.29. The van der Waals surface area contributed by atoms with Gasteiger partial charge in [0.1, 0.15) is 17.0 Å². The summed E-state index contributed by atoms with van der Waals surface area (Å²) >= 11 is 0. The minimum atomic E-state index is -1.10. The lowest BCUT2D eigenvalue weighted by Crippen LogP contribution is -2.52. The molecule has 2 aliphatic rings. The molecule has 3 N–H and O–H groups in total. The topological polar surface area (TPSA) is 88.7 Å². The van der Waals surface area contributed by atoms with E-state index in [1.54, 1.807) is 32.4 Å². The van der Waals surface area contributed by atoms with Gasteiger partial charge in [0, 0.05) is 23.4 Å². The van der Waals surface area contributed by atoms with Gasteiger partial charge in [-0.3, -0.25) is 14.9 Å². The molecule has 2 aromatic rings. The number of carbonyl (C=O) groups is 2. The molecule has 4 rings (SSSR count). The number of benzene rings is 2. The van der Waals surface area contributed by atoms with Crippen molar-refractivity contribution in [2.24, 2.45) is 5.92 Å². The summed E-state index contributed by atoms with van der Waals surface area (Å²) < 4.78 is 10.7. The molecule has 7 nitrogen and oxygen atoms in total. The maximum atomic E-state index is 13.5. The van der Waals surface area contributed by atoms with Crippen LogP contribution in [-0.4, -0.2) is 32.1 Å². The quantitative estimate of drug-likeness (QED) is 0.722. The van der Waals surface area contributed by atoms with Crippen molar-refractivity contribution >= 4 is 23.2 Å². The number of anilines is 2. The molecule has 2 amide bonds. The van der Waals surface area contributed by atoms with E-state index in [-0.39, 0.29) is 17.9 Å². The monoisotopic (exact) mass is 409 g/mol. The van der Waals surface area contributed by atoms with Crippen molar-refractivity contribution in [1.29, 1.82) is 0 Å². The molecule has 0 radical (unpaired) electrons. The summed E-state index contributed by atoms with van der Waals surface area (Å²) in [5, 5.41) is 9.40. The predicted molar refractivity (Wildman–Crippen MR) is 115 cm³/mol. The number of fused-ring (bicyclic) bond motifs is 2. The standard InChI is InChI=1S/C23H27N3O4/c1-12-8-13(2)20-16(9-12)23(22(28)25-20)17(10-14(3)26-23)21(27)24-18-11-15(29-4)6-7-19(18)30-5/h6-9,11,14,17,26H,10H2,1-5H3,(H,24,27)(H,25,28)/t14-,17+,23-/m0/s1. The van der Waals surface area contributed by atoms with Crippen molar-refractivity contribution in [3.05, 3.63) is 47.0 Å². The Labute approximate surface area is 176 Å². The van der Waals surface area contributed by atoms with Crippen LogP contribution in [0.25, 0.3) is 0 Å². The Morgan fingerprint density at radius 2 is 1.93 bits per heavy atom. The van der Waals surface area contributed by atoms with E-state index in [0.717, 1.165) is 22.4 Å². The molecule has 0 unspecified atom stereocenters. The van der Waals surface area contributed by atoms with Gasteiger partial charge in [0.15, 0.2) is 0 Å². The van der Waals surface area contributed by atoms with Gasteiger partial charge in [0.25, 0.3) is 0 Å². The van der Waals surface area contributed by atoms with Crippen molar-refractivity contribution in [3.63, 3.8) is 0 Å². The number of rotatable bonds is 4. The zero-order valence-corrected chi connectivity index (χ0v) is 17.9. The third-order valence-corrected chi connectivity index (χ3v) is 6.07. The van der Waals surface area contributed by atoms with Crippen molar-refractivity contribution in [2.45, 2.75) is 38.8 Å². The lowest BCUT2D eigenvalue weighted by molar-refractivity contribution is -0.130. The Balaban J connectivity index is 1.75. The summed E-state index contributed by atoms with van der Waals surface area (Å²) in [4.78, 5) is 26.7. The number of nitrogens with one attached hydrogen (secondary N) is 3. The van der Waals surface area contributed by atoms with Crippen LogP contribution >= 0.6 is 0 Å². The first kappa shape index (κ1) is 20.2. The van der Waals surface area contributed by atoms with Gasteiger partial charge < -0.3 is 20.1 Å². The van der Waals surface area contributed by atoms with Gasteiger partial charge >= 0.3 is 0 Å². The van der Waals surface area contributed by atoms with E-state index in [9.17, 15) is 9.59 Å². The predicted octanol–water partition coefficient (Wildman–Crippen LogP) is 3.10. The average molecular weight is 409 g/mol. The van der Waals surface area contributed by atoms with Crippen molar-refractivity contribution in [3.8, 4) is 11.5 Å². The molecule has 3 atom stereocenters. The Morgan fingerprint density at radius 1 is 1.17 bits per heavy atom. The Morgan fingerprint density at radius 3 is 2.63 bits per heavy atom. The fourth-order valence-corrected chi connectivity index (χ4v) is 4.78. The van der Waals surface area contributed by atoms with E-state index in [1.165, 1.54) is 0 Å². The third kappa shape index (κ3) is 3.01. The summed E-state index contributed by atoms with van der Waals surface area (Å²) in [5.74, 6) is 0.133. The number of amides is 2. The maximum absolute atomic E-state index is 13.5. The normalized spacial score (nSPS) is 24.5. The zero-order valence-electron chi connectivity index (χ0n) is 17.9. The van der Waals surface area contributed by atoms with E-state index in [1.807, 2.05) is 32.9 Å². The van der Waals surface area contributed by atoms with Crippen molar-refractivity contribution in [1.82, 2.24) is 5.32 Å². The third-order valence-electron chi connectivity index (χ3n) is 6.07. The highest BCUT2D eigenvalue weighted by molar-refractivity contribution is 6.11. The van der Waals surface area contributed by atoms with E-state index < -0.39 is 11.5 Å². The summed E-state index contributed by atoms with van der Waals surface area (Å²) in [6, 6.07) is 9.26. The molecule has 2 heterocycles. The van der Waals surface area contributed by atoms with Crippen LogP contribution in [0, 0.1) is 19.8 Å². The van der Waals surface area contributed by atoms with E-state index in [0.29, 0.717) is 23.6 Å². The molecule has 1 fully saturated rings. The number of aryl methyl sites for hydroxylation is 2. The molecule has 158 valence electrons. The summed E-state index contributed by atoms with van der Waals surface area (Å²) in [6.45, 7) is 5.97. The van der Waals surface area contributed by atoms with Gasteiger partial charge in [-0.05, 0) is 44.9 Å². The Hall–Kier alpha value is -3.06. The van der Waals surface area contributed by atoms with E-state index in [4.69, 9.17) is 9.47 Å². The first-order valence-electron chi connectivity index (χ1n) is 10.0. The molecule has 1 saturated heterocycles. The number of hydrogen-bond donors (Lipinski definition) is 3. The molecule has 2 aromatic carbocycles. The van der Waals surface area contributed by atoms with Crippen LogP contribution in [0.5, 0.6) is 11.5 Å². The van der Waals surface area contributed by atoms with Crippen LogP contribution in [-0.2, 0) is 15.1 Å². The Bertz CT molecular complexity index is 1040. The summed E-state index contributed by atoms with van der Waals surface area (Å²) in [5.41, 5.74) is 3.09. The van der Waals surface area contributed by atoms with Crippen LogP contribution in [0.4, 0.5) is 11.4 Å². The highest BCUT2D eigenvalue weighted by atomic mass is 16.5. The number of hydrogen-bond acceptors (Lipinski definition) is 5. The second kappa shape index (κ2) is 7.32. The fourth-order valence-electron chi connectivity index (χ4n) is 4.78. The van der Waals surface area contributed by atoms with Crippen LogP contribution in [0.15, 0.2) is 30.3 Å². The molecular weight excluding hydrogens is 382 g/mol. The summed E-state index contributed by atoms with van der Waals surface area (Å²) in [6.07, 6.45) is 0.540. The highest BCUT2D eigenvalue weighted by Gasteiger charge is 2.59. The second-order valence-electron chi connectivity index (χ2n) is 8.16. The SMILES string of the molecule is COc1ccc(OC)c(NC(=O)[C@H]2C[C@H](C)N[C@]23C(=O)Nc2c(C)cc(C)cc23)c1. The maximum Gasteiger partial charge on any atom is 0.250 e. The first-order chi connectivity index (χ1) is 14.3. The van der Waals surface area contributed by atoms with Crippen LogP contribution in [0.3, 0.4) is 0 Å². The van der Waals surface area contributed by atoms with Gasteiger partial charge in [0.05, 0.1) is 25.8 Å². The van der Waals surface area contributed by atoms with Crippen molar-refractivity contribution < 1.29 is 19.1 Å². The summed E-state index contributed by atoms with van der Waals surface area (Å²) in [7, 11) is 3.11. The Kier molecular flexibility index (Phi) is 4.94. The van der Waals surface area contributed by atoms with Gasteiger partial charge in [-0.25, -0.2) is 0 Å². The molecular formula is C23H27N3O4. The lowest BCUT2D eigenvalue weighted by atomic mass is 9.78. The van der Waals surface area contributed by atoms with Crippen molar-refractivity contribution in [2.75, 3.05) is 24.9 Å². The highest BCUT2D eigenvalue weighted by Crippen LogP contribution is 2.48. The largest absolute Gasteiger partial charge is 0.497 e. The molecule has 30 heavy (non-hydrogen) atoms. The van der Waals surface area contributed by atoms with Gasteiger partial charge in [0.2, 0.25) is 11.8 Å². The zero-order chi connectivity index (χ0) is 21.6. The molecule has 7 heteroatoms. The molecule has 0 bridgehead atoms. The molecule has 0 aromatic heterocycles. The van der Waals surface area contributed by atoms with Gasteiger partial charge in [-0.2, -0.15) is 0 Å². The number of methoxy groups -OCH3 is 2. The van der Waals surface area contributed by atoms with Crippen LogP contribution < -0.4 is 25.4 Å². The first-order valence-corrected chi connectivity index (χ1v) is 10.0. The molecule has 2 aliphatic heterocycles. The second-order valence-corrected chi connectivity index (χ2v) is 8.16. The minimum Gasteiger partial charge on any atom is -0.497 e. The molecule has 0 aliphatic carbocycles. The number of ether oxygens (including phenoxy) is 2. The smallest absolute Gasteiger partial charge is 0.250 e. The molecule has 1 spiro atoms. The molecule has 0 saturated carbocycles. The van der Waals surface area contributed by atoms with E-state index in [2.05, 4.69) is 16.0 Å². The van der Waals surface area contributed by atoms with Crippen LogP contribution in [0.1, 0.15) is 30.0 Å². The average Bonchev–Trinajstić information content (AvgIpc) is 3.20. The van der Waals surface area contributed by atoms with E-state index >= 15 is 0 Å². The number of carbonyl (C=O) groups excluding carboxylic acids is 2. The fraction of sp³-hybridized carbons (Fsp3) is 0.391. The van der Waals surface area contributed by atoms with Gasteiger partial charge in [-0.1, -0.05) is 17.7 Å². The minimum absolute atomic E-state index is 0.00507. The van der Waals surface area contributed by atoms with Crippen LogP contribution in [0.2, 0.25) is 0 Å².